The second-order valence-electron chi connectivity index (χ2n) is 5.23. The second kappa shape index (κ2) is 5.85. The van der Waals surface area contributed by atoms with Gasteiger partial charge < -0.3 is 0 Å². The molecule has 0 N–H and O–H groups in total. The number of rotatable bonds is 3. The molecule has 0 radical (unpaired) electrons. The molecule has 1 aliphatic heterocycles. The molecule has 18 heavy (non-hydrogen) atoms. The van der Waals surface area contributed by atoms with Crippen molar-refractivity contribution in [2.45, 2.75) is 45.2 Å². The van der Waals surface area contributed by atoms with Crippen LogP contribution in [0.1, 0.15) is 43.5 Å². The molecule has 1 fully saturated rings. The normalized spacial score (nSPS) is 25.1. The molecular formula is C15H20ClNO. The van der Waals surface area contributed by atoms with Crippen molar-refractivity contribution in [3.63, 3.8) is 0 Å². The summed E-state index contributed by atoms with van der Waals surface area (Å²) in [6.07, 6.45) is 3.64. The summed E-state index contributed by atoms with van der Waals surface area (Å²) in [5, 5.41) is 0.626. The number of piperidine rings is 1. The summed E-state index contributed by atoms with van der Waals surface area (Å²) in [4.78, 5) is 14.6. The highest BCUT2D eigenvalue weighted by molar-refractivity contribution is 6.31. The van der Waals surface area contributed by atoms with Gasteiger partial charge in [0.25, 0.3) is 0 Å². The maximum atomic E-state index is 12.3. The van der Waals surface area contributed by atoms with Crippen LogP contribution in [-0.4, -0.2) is 29.3 Å². The van der Waals surface area contributed by atoms with Gasteiger partial charge in [-0.25, -0.2) is 0 Å². The van der Waals surface area contributed by atoms with Crippen molar-refractivity contribution in [1.29, 1.82) is 0 Å². The van der Waals surface area contributed by atoms with Crippen LogP contribution in [0.4, 0.5) is 0 Å². The highest BCUT2D eigenvalue weighted by Crippen LogP contribution is 2.23. The topological polar surface area (TPSA) is 20.3 Å². The molecule has 0 amide bonds. The second-order valence-corrected chi connectivity index (χ2v) is 5.67. The van der Waals surface area contributed by atoms with E-state index in [9.17, 15) is 4.79 Å². The zero-order valence-electron chi connectivity index (χ0n) is 11.0. The fourth-order valence-electron chi connectivity index (χ4n) is 2.71. The lowest BCUT2D eigenvalue weighted by Crippen LogP contribution is -2.46. The van der Waals surface area contributed by atoms with E-state index in [1.165, 1.54) is 19.3 Å². The summed E-state index contributed by atoms with van der Waals surface area (Å²) in [6, 6.07) is 8.22. The van der Waals surface area contributed by atoms with Crippen LogP contribution in [0, 0.1) is 0 Å². The SMILES string of the molecule is C[C@@H]1CCC[C@H](C)N1CC(=O)c1cccc(Cl)c1. The van der Waals surface area contributed by atoms with Crippen LogP contribution in [0.2, 0.25) is 5.02 Å². The van der Waals surface area contributed by atoms with Crippen LogP contribution in [-0.2, 0) is 0 Å². The summed E-state index contributed by atoms with van der Waals surface area (Å²) in [7, 11) is 0. The number of nitrogens with zero attached hydrogens (tertiary/aromatic N) is 1. The Morgan fingerprint density at radius 2 is 2.00 bits per heavy atom. The summed E-state index contributed by atoms with van der Waals surface area (Å²) in [5.41, 5.74) is 0.715. The number of carbonyl (C=O) groups excluding carboxylic acids is 1. The maximum absolute atomic E-state index is 12.3. The van der Waals surface area contributed by atoms with Crippen molar-refractivity contribution in [2.24, 2.45) is 0 Å². The van der Waals surface area contributed by atoms with Gasteiger partial charge in [0.15, 0.2) is 5.78 Å². The Kier molecular flexibility index (Phi) is 4.41. The van der Waals surface area contributed by atoms with E-state index in [4.69, 9.17) is 11.6 Å². The van der Waals surface area contributed by atoms with Gasteiger partial charge in [0, 0.05) is 22.7 Å². The molecule has 0 aromatic heterocycles. The lowest BCUT2D eigenvalue weighted by Gasteiger charge is -2.38. The van der Waals surface area contributed by atoms with Crippen LogP contribution in [0.15, 0.2) is 24.3 Å². The fraction of sp³-hybridized carbons (Fsp3) is 0.533. The molecule has 1 saturated heterocycles. The van der Waals surface area contributed by atoms with Crippen LogP contribution in [0.5, 0.6) is 0 Å². The molecule has 1 heterocycles. The van der Waals surface area contributed by atoms with Crippen molar-refractivity contribution in [3.05, 3.63) is 34.9 Å². The van der Waals surface area contributed by atoms with Crippen molar-refractivity contribution in [2.75, 3.05) is 6.54 Å². The zero-order valence-corrected chi connectivity index (χ0v) is 11.8. The van der Waals surface area contributed by atoms with E-state index in [0.717, 1.165) is 0 Å². The minimum absolute atomic E-state index is 0.165. The molecule has 2 atom stereocenters. The molecule has 2 rings (SSSR count). The highest BCUT2D eigenvalue weighted by atomic mass is 35.5. The Morgan fingerprint density at radius 1 is 1.33 bits per heavy atom. The van der Waals surface area contributed by atoms with Gasteiger partial charge in [0.2, 0.25) is 0 Å². The smallest absolute Gasteiger partial charge is 0.176 e. The largest absolute Gasteiger partial charge is 0.293 e. The molecule has 0 spiro atoms. The Labute approximate surface area is 114 Å². The summed E-state index contributed by atoms with van der Waals surface area (Å²) < 4.78 is 0. The summed E-state index contributed by atoms with van der Waals surface area (Å²) >= 11 is 5.92. The molecule has 0 bridgehead atoms. The van der Waals surface area contributed by atoms with Crippen molar-refractivity contribution < 1.29 is 4.79 Å². The number of Topliss-reactive ketones (excluding diaryl/α,β-unsaturated/α-hetero) is 1. The van der Waals surface area contributed by atoms with Crippen molar-refractivity contribution in [1.82, 2.24) is 4.90 Å². The molecule has 98 valence electrons. The number of carbonyl (C=O) groups is 1. The first-order chi connectivity index (χ1) is 8.58. The number of benzene rings is 1. The number of hydrogen-bond donors (Lipinski definition) is 0. The van der Waals surface area contributed by atoms with Crippen LogP contribution in [0.3, 0.4) is 0 Å². The highest BCUT2D eigenvalue weighted by Gasteiger charge is 2.26. The minimum Gasteiger partial charge on any atom is -0.293 e. The van der Waals surface area contributed by atoms with Gasteiger partial charge in [-0.15, -0.1) is 0 Å². The Balaban J connectivity index is 2.06. The molecule has 0 saturated carbocycles. The predicted octanol–water partition coefficient (Wildman–Crippen LogP) is 3.79. The van der Waals surface area contributed by atoms with Crippen molar-refractivity contribution in [3.8, 4) is 0 Å². The third-order valence-electron chi connectivity index (χ3n) is 3.85. The van der Waals surface area contributed by atoms with Gasteiger partial charge in [-0.3, -0.25) is 9.69 Å². The van der Waals surface area contributed by atoms with E-state index in [-0.39, 0.29) is 5.78 Å². The van der Waals surface area contributed by atoms with Gasteiger partial charge in [0.05, 0.1) is 6.54 Å². The van der Waals surface area contributed by atoms with E-state index in [1.807, 2.05) is 12.1 Å². The van der Waals surface area contributed by atoms with Gasteiger partial charge in [-0.2, -0.15) is 0 Å². The van der Waals surface area contributed by atoms with E-state index in [1.54, 1.807) is 12.1 Å². The third-order valence-corrected chi connectivity index (χ3v) is 4.08. The zero-order chi connectivity index (χ0) is 13.1. The predicted molar refractivity (Wildman–Crippen MR) is 75.3 cm³/mol. The lowest BCUT2D eigenvalue weighted by atomic mass is 9.96. The minimum atomic E-state index is 0.165. The van der Waals surface area contributed by atoms with E-state index >= 15 is 0 Å². The Morgan fingerprint density at radius 3 is 2.61 bits per heavy atom. The number of likely N-dealkylation sites (tertiary alicyclic amines) is 1. The van der Waals surface area contributed by atoms with Crippen LogP contribution >= 0.6 is 11.6 Å². The van der Waals surface area contributed by atoms with E-state index < -0.39 is 0 Å². The van der Waals surface area contributed by atoms with E-state index in [2.05, 4.69) is 18.7 Å². The first-order valence-electron chi connectivity index (χ1n) is 6.62. The Hall–Kier alpha value is -0.860. The fourth-order valence-corrected chi connectivity index (χ4v) is 2.90. The average Bonchev–Trinajstić information content (AvgIpc) is 2.34. The first kappa shape index (κ1) is 13.6. The first-order valence-corrected chi connectivity index (χ1v) is 7.00. The van der Waals surface area contributed by atoms with Crippen LogP contribution in [0.25, 0.3) is 0 Å². The molecule has 0 unspecified atom stereocenters. The third kappa shape index (κ3) is 3.12. The molecular weight excluding hydrogens is 246 g/mol. The van der Waals surface area contributed by atoms with Gasteiger partial charge in [0.1, 0.15) is 0 Å². The Bertz CT molecular complexity index is 422. The quantitative estimate of drug-likeness (QED) is 0.775. The summed E-state index contributed by atoms with van der Waals surface area (Å²) in [5.74, 6) is 0.165. The maximum Gasteiger partial charge on any atom is 0.176 e. The van der Waals surface area contributed by atoms with Crippen LogP contribution < -0.4 is 0 Å². The lowest BCUT2D eigenvalue weighted by molar-refractivity contribution is 0.0734. The number of halogens is 1. The molecule has 0 aliphatic carbocycles. The molecule has 1 aliphatic rings. The van der Waals surface area contributed by atoms with Gasteiger partial charge in [-0.1, -0.05) is 30.2 Å². The van der Waals surface area contributed by atoms with Gasteiger partial charge >= 0.3 is 0 Å². The van der Waals surface area contributed by atoms with Crippen molar-refractivity contribution >= 4 is 17.4 Å². The molecule has 3 heteroatoms. The number of ketones is 1. The monoisotopic (exact) mass is 265 g/mol. The standard InChI is InChI=1S/C15H20ClNO/c1-11-5-3-6-12(2)17(11)10-15(18)13-7-4-8-14(16)9-13/h4,7-9,11-12H,3,5-6,10H2,1-2H3/t11-,12+. The van der Waals surface area contributed by atoms with E-state index in [0.29, 0.717) is 29.2 Å². The van der Waals surface area contributed by atoms with Gasteiger partial charge in [-0.05, 0) is 38.8 Å². The summed E-state index contributed by atoms with van der Waals surface area (Å²) in [6.45, 7) is 4.92. The number of hydrogen-bond acceptors (Lipinski definition) is 2. The average molecular weight is 266 g/mol. The molecule has 1 aromatic rings. The molecule has 2 nitrogen and oxygen atoms in total. The molecule has 1 aromatic carbocycles.